The average molecular weight is 185 g/mol. The van der Waals surface area contributed by atoms with Crippen molar-refractivity contribution in [3.05, 3.63) is 0 Å². The third-order valence-electron chi connectivity index (χ3n) is 3.52. The van der Waals surface area contributed by atoms with Crippen LogP contribution in [0, 0.1) is 5.92 Å². The van der Waals surface area contributed by atoms with E-state index in [9.17, 15) is 5.11 Å². The fraction of sp³-hybridized carbons (Fsp3) is 1.00. The predicted octanol–water partition coefficient (Wildman–Crippen LogP) is 1.93. The van der Waals surface area contributed by atoms with Gasteiger partial charge in [0.2, 0.25) is 0 Å². The van der Waals surface area contributed by atoms with Crippen molar-refractivity contribution >= 4 is 0 Å². The molecule has 0 heterocycles. The van der Waals surface area contributed by atoms with Gasteiger partial charge in [0.15, 0.2) is 0 Å². The van der Waals surface area contributed by atoms with Crippen LogP contribution in [0.1, 0.15) is 46.5 Å². The van der Waals surface area contributed by atoms with Gasteiger partial charge in [-0.15, -0.1) is 0 Å². The molecule has 0 aromatic heterocycles. The van der Waals surface area contributed by atoms with E-state index in [0.29, 0.717) is 0 Å². The molecule has 0 aliphatic heterocycles. The number of hydrogen-bond donors (Lipinski definition) is 2. The summed E-state index contributed by atoms with van der Waals surface area (Å²) in [7, 11) is 0. The zero-order chi connectivity index (χ0) is 9.90. The molecule has 3 unspecified atom stereocenters. The highest BCUT2D eigenvalue weighted by Gasteiger charge is 2.40. The molecule has 0 amide bonds. The maximum Gasteiger partial charge on any atom is 0.0800 e. The Morgan fingerprint density at radius 2 is 2.23 bits per heavy atom. The van der Waals surface area contributed by atoms with Crippen LogP contribution in [0.2, 0.25) is 0 Å². The quantitative estimate of drug-likeness (QED) is 0.701. The molecule has 78 valence electrons. The van der Waals surface area contributed by atoms with Crippen LogP contribution in [0.25, 0.3) is 0 Å². The van der Waals surface area contributed by atoms with Crippen LogP contribution in [0.3, 0.4) is 0 Å². The van der Waals surface area contributed by atoms with Crippen molar-refractivity contribution in [1.29, 1.82) is 0 Å². The van der Waals surface area contributed by atoms with Crippen LogP contribution >= 0.6 is 0 Å². The lowest BCUT2D eigenvalue weighted by molar-refractivity contribution is 0.0107. The Morgan fingerprint density at radius 3 is 2.69 bits per heavy atom. The van der Waals surface area contributed by atoms with Gasteiger partial charge in [0.1, 0.15) is 0 Å². The maximum absolute atomic E-state index is 10.3. The molecule has 1 aliphatic carbocycles. The third kappa shape index (κ3) is 2.44. The van der Waals surface area contributed by atoms with Crippen LogP contribution in [0.5, 0.6) is 0 Å². The summed E-state index contributed by atoms with van der Waals surface area (Å²) in [4.78, 5) is 0. The third-order valence-corrected chi connectivity index (χ3v) is 3.52. The zero-order valence-corrected chi connectivity index (χ0v) is 9.14. The molecule has 13 heavy (non-hydrogen) atoms. The number of likely N-dealkylation sites (N-methyl/N-ethyl adjacent to an activating group) is 1. The summed E-state index contributed by atoms with van der Waals surface area (Å²) in [6, 6.07) is 0.244. The van der Waals surface area contributed by atoms with Crippen LogP contribution in [0.4, 0.5) is 0 Å². The van der Waals surface area contributed by atoms with Crippen LogP contribution < -0.4 is 5.32 Å². The van der Waals surface area contributed by atoms with E-state index in [0.717, 1.165) is 25.3 Å². The molecule has 0 bridgehead atoms. The summed E-state index contributed by atoms with van der Waals surface area (Å²) < 4.78 is 0. The molecular formula is C11H23NO. The Labute approximate surface area is 81.7 Å². The van der Waals surface area contributed by atoms with Gasteiger partial charge in [-0.3, -0.25) is 0 Å². The second-order valence-electron chi connectivity index (χ2n) is 4.40. The van der Waals surface area contributed by atoms with Crippen LogP contribution in [-0.4, -0.2) is 23.3 Å². The largest absolute Gasteiger partial charge is 0.388 e. The van der Waals surface area contributed by atoms with Gasteiger partial charge in [0.25, 0.3) is 0 Å². The Hall–Kier alpha value is -0.0800. The first-order valence-corrected chi connectivity index (χ1v) is 5.58. The molecule has 0 spiro atoms. The SMILES string of the molecule is CCNC(C)C1(O)CCC(CC)C1. The van der Waals surface area contributed by atoms with Gasteiger partial charge in [0.05, 0.1) is 5.60 Å². The molecule has 2 nitrogen and oxygen atoms in total. The van der Waals surface area contributed by atoms with Crippen molar-refractivity contribution in [3.8, 4) is 0 Å². The Bertz CT molecular complexity index is 160. The number of aliphatic hydroxyl groups is 1. The normalized spacial score (nSPS) is 36.5. The van der Waals surface area contributed by atoms with Crippen molar-refractivity contribution in [2.45, 2.75) is 58.1 Å². The van der Waals surface area contributed by atoms with E-state index in [4.69, 9.17) is 0 Å². The molecule has 0 radical (unpaired) electrons. The lowest BCUT2D eigenvalue weighted by Gasteiger charge is -2.30. The van der Waals surface area contributed by atoms with E-state index in [1.54, 1.807) is 0 Å². The highest BCUT2D eigenvalue weighted by atomic mass is 16.3. The van der Waals surface area contributed by atoms with Gasteiger partial charge in [0, 0.05) is 6.04 Å². The molecule has 1 saturated carbocycles. The second-order valence-corrected chi connectivity index (χ2v) is 4.40. The van der Waals surface area contributed by atoms with Gasteiger partial charge in [-0.2, -0.15) is 0 Å². The van der Waals surface area contributed by atoms with E-state index in [1.165, 1.54) is 12.8 Å². The molecule has 1 fully saturated rings. The molecule has 2 N–H and O–H groups in total. The highest BCUT2D eigenvalue weighted by molar-refractivity contribution is 4.95. The van der Waals surface area contributed by atoms with E-state index in [2.05, 4.69) is 26.1 Å². The molecule has 3 atom stereocenters. The summed E-state index contributed by atoms with van der Waals surface area (Å²) >= 11 is 0. The second kappa shape index (κ2) is 4.43. The summed E-state index contributed by atoms with van der Waals surface area (Å²) in [6.07, 6.45) is 4.36. The number of hydrogen-bond acceptors (Lipinski definition) is 2. The molecule has 2 heteroatoms. The minimum Gasteiger partial charge on any atom is -0.388 e. The van der Waals surface area contributed by atoms with Crippen molar-refractivity contribution < 1.29 is 5.11 Å². The van der Waals surface area contributed by atoms with Gasteiger partial charge in [-0.25, -0.2) is 0 Å². The van der Waals surface area contributed by atoms with Crippen molar-refractivity contribution in [2.75, 3.05) is 6.54 Å². The smallest absolute Gasteiger partial charge is 0.0800 e. The summed E-state index contributed by atoms with van der Waals surface area (Å²) in [5.74, 6) is 0.742. The van der Waals surface area contributed by atoms with Crippen molar-refractivity contribution in [3.63, 3.8) is 0 Å². The van der Waals surface area contributed by atoms with Crippen LogP contribution in [-0.2, 0) is 0 Å². The topological polar surface area (TPSA) is 32.3 Å². The Kier molecular flexibility index (Phi) is 3.74. The summed E-state index contributed by atoms with van der Waals surface area (Å²) in [6.45, 7) is 7.35. The fourth-order valence-corrected chi connectivity index (χ4v) is 2.40. The van der Waals surface area contributed by atoms with E-state index < -0.39 is 5.60 Å². The summed E-state index contributed by atoms with van der Waals surface area (Å²) in [5, 5.41) is 13.7. The Morgan fingerprint density at radius 1 is 1.54 bits per heavy atom. The first-order valence-electron chi connectivity index (χ1n) is 5.58. The standard InChI is InChI=1S/C11H23NO/c1-4-10-6-7-11(13,8-10)9(3)12-5-2/h9-10,12-13H,4-8H2,1-3H3. The number of rotatable bonds is 4. The minimum absolute atomic E-state index is 0.244. The molecule has 0 saturated heterocycles. The lowest BCUT2D eigenvalue weighted by Crippen LogP contribution is -2.47. The predicted molar refractivity (Wildman–Crippen MR) is 55.7 cm³/mol. The molecule has 0 aromatic carbocycles. The van der Waals surface area contributed by atoms with Crippen LogP contribution in [0.15, 0.2) is 0 Å². The number of nitrogens with one attached hydrogen (secondary N) is 1. The average Bonchev–Trinajstić information content (AvgIpc) is 2.49. The monoisotopic (exact) mass is 185 g/mol. The van der Waals surface area contributed by atoms with Gasteiger partial charge in [-0.1, -0.05) is 20.3 Å². The van der Waals surface area contributed by atoms with E-state index >= 15 is 0 Å². The lowest BCUT2D eigenvalue weighted by atomic mass is 9.92. The van der Waals surface area contributed by atoms with Crippen molar-refractivity contribution in [1.82, 2.24) is 5.32 Å². The van der Waals surface area contributed by atoms with E-state index in [1.807, 2.05) is 0 Å². The molecule has 1 aliphatic rings. The minimum atomic E-state index is -0.434. The van der Waals surface area contributed by atoms with Gasteiger partial charge < -0.3 is 10.4 Å². The van der Waals surface area contributed by atoms with Crippen molar-refractivity contribution in [2.24, 2.45) is 5.92 Å². The molecular weight excluding hydrogens is 162 g/mol. The molecule has 1 rings (SSSR count). The Balaban J connectivity index is 2.47. The first kappa shape index (κ1) is 11.0. The molecule has 0 aromatic rings. The van der Waals surface area contributed by atoms with Gasteiger partial charge in [-0.05, 0) is 38.6 Å². The van der Waals surface area contributed by atoms with Gasteiger partial charge >= 0.3 is 0 Å². The summed E-state index contributed by atoms with van der Waals surface area (Å²) in [5.41, 5.74) is -0.434. The fourth-order valence-electron chi connectivity index (χ4n) is 2.40. The maximum atomic E-state index is 10.3. The first-order chi connectivity index (χ1) is 6.12. The van der Waals surface area contributed by atoms with E-state index in [-0.39, 0.29) is 6.04 Å². The highest BCUT2D eigenvalue weighted by Crippen LogP contribution is 2.38. The zero-order valence-electron chi connectivity index (χ0n) is 9.14.